The second-order valence-corrected chi connectivity index (χ2v) is 6.41. The van der Waals surface area contributed by atoms with E-state index in [0.717, 1.165) is 27.6 Å². The molecule has 3 heterocycles. The average Bonchev–Trinajstić information content (AvgIpc) is 3.67. The first-order chi connectivity index (χ1) is 19.2. The average molecular weight is 592 g/mol. The van der Waals surface area contributed by atoms with Crippen molar-refractivity contribution in [2.45, 2.75) is 7.43 Å². The third-order valence-electron chi connectivity index (χ3n) is 4.04. The van der Waals surface area contributed by atoms with Gasteiger partial charge in [-0.05, 0) is 14.8 Å². The van der Waals surface area contributed by atoms with E-state index >= 15 is 0 Å². The zero-order valence-corrected chi connectivity index (χ0v) is 21.3. The zero-order chi connectivity index (χ0) is 31.9. The number of nitrogens with zero attached hydrogens (tertiary/aromatic N) is 8. The van der Waals surface area contributed by atoms with Crippen LogP contribution in [0.15, 0.2) is 18.2 Å². The summed E-state index contributed by atoms with van der Waals surface area (Å²) in [5.41, 5.74) is -0.130. The van der Waals surface area contributed by atoms with Crippen molar-refractivity contribution >= 4 is 35.4 Å². The van der Waals surface area contributed by atoms with E-state index in [1.165, 1.54) is 35.4 Å². The number of hydrogen-bond donors (Lipinski definition) is 1. The lowest BCUT2D eigenvalue weighted by Gasteiger charge is -1.93. The number of rotatable bonds is 6. The monoisotopic (exact) mass is 592 g/mol. The van der Waals surface area contributed by atoms with Gasteiger partial charge in [0.25, 0.3) is 0 Å². The van der Waals surface area contributed by atoms with Crippen molar-refractivity contribution in [1.29, 1.82) is 0 Å². The fraction of sp³-hybridized carbons (Fsp3) is 0.368. The van der Waals surface area contributed by atoms with Crippen molar-refractivity contribution in [3.63, 3.8) is 0 Å². The lowest BCUT2D eigenvalue weighted by molar-refractivity contribution is -0.392. The van der Waals surface area contributed by atoms with Crippen molar-refractivity contribution in [2.24, 2.45) is 14.1 Å². The molecule has 0 aromatic carbocycles. The van der Waals surface area contributed by atoms with E-state index in [1.54, 1.807) is 0 Å². The number of carbonyl (C=O) groups excluding carboxylic acids is 3. The predicted molar refractivity (Wildman–Crippen MR) is 133 cm³/mol. The number of aromatic nitrogens is 6. The van der Waals surface area contributed by atoms with E-state index in [0.29, 0.717) is 0 Å². The zero-order valence-electron chi connectivity index (χ0n) is 22.3. The Morgan fingerprint density at radius 1 is 0.854 bits per heavy atom. The molecule has 21 nitrogen and oxygen atoms in total. The van der Waals surface area contributed by atoms with E-state index in [1.807, 2.05) is 0 Å². The summed E-state index contributed by atoms with van der Waals surface area (Å²) in [6.45, 7) is 0. The molecule has 0 unspecified atom stereocenters. The first kappa shape index (κ1) is 35.2. The fourth-order valence-electron chi connectivity index (χ4n) is 2.28. The van der Waals surface area contributed by atoms with Crippen molar-refractivity contribution in [1.82, 2.24) is 29.8 Å². The smallest absolute Gasteiger partial charge is 0.390 e. The van der Waals surface area contributed by atoms with Crippen LogP contribution in [0.25, 0.3) is 0 Å². The normalized spacial score (nSPS) is 9.37. The molecule has 0 fully saturated rings. The third kappa shape index (κ3) is 10.8. The maximum Gasteiger partial charge on any atom is 0.390 e. The summed E-state index contributed by atoms with van der Waals surface area (Å²) in [5, 5.41) is 43.2. The van der Waals surface area contributed by atoms with Gasteiger partial charge in [-0.2, -0.15) is 4.68 Å². The summed E-state index contributed by atoms with van der Waals surface area (Å²) in [6.07, 6.45) is 0. The van der Waals surface area contributed by atoms with E-state index in [9.17, 15) is 49.1 Å². The van der Waals surface area contributed by atoms with Gasteiger partial charge < -0.3 is 44.6 Å². The van der Waals surface area contributed by atoms with Gasteiger partial charge in [-0.15, -0.1) is 9.78 Å². The van der Waals surface area contributed by atoms with Gasteiger partial charge in [0.05, 0.1) is 60.2 Å². The fourth-order valence-corrected chi connectivity index (χ4v) is 2.28. The maximum atomic E-state index is 11.0. The largest absolute Gasteiger partial charge is 0.464 e. The maximum absolute atomic E-state index is 11.0. The van der Waals surface area contributed by atoms with Gasteiger partial charge >= 0.3 is 35.4 Å². The van der Waals surface area contributed by atoms with Crippen molar-refractivity contribution in [3.05, 3.63) is 65.6 Å². The minimum atomic E-state index is -1.00. The molecule has 41 heavy (non-hydrogen) atoms. The van der Waals surface area contributed by atoms with Crippen LogP contribution in [0.2, 0.25) is 0 Å². The number of H-pyrrole nitrogens is 1. The number of ether oxygens (including phenoxy) is 3. The summed E-state index contributed by atoms with van der Waals surface area (Å²) in [4.78, 5) is 61.3. The van der Waals surface area contributed by atoms with Crippen LogP contribution in [0.5, 0.6) is 0 Å². The Labute approximate surface area is 230 Å². The van der Waals surface area contributed by atoms with Gasteiger partial charge in [0, 0.05) is 0 Å². The van der Waals surface area contributed by atoms with E-state index in [4.69, 9.17) is 1.37 Å². The molecule has 0 spiro atoms. The molecule has 0 aliphatic heterocycles. The number of aryl methyl sites for hydroxylation is 2. The molecule has 0 saturated heterocycles. The minimum absolute atomic E-state index is 0. The van der Waals surface area contributed by atoms with Crippen LogP contribution >= 0.6 is 0 Å². The summed E-state index contributed by atoms with van der Waals surface area (Å²) in [5.74, 6) is -3.01. The van der Waals surface area contributed by atoms with Gasteiger partial charge in [0.2, 0.25) is 0 Å². The first-order valence-electron chi connectivity index (χ1n) is 10.6. The molecular formula is C19H26FN9O12. The molecule has 226 valence electrons. The standard InChI is InChI=1S/2C6H7N3O4.C5H5N3O4.CH3F.CH4/c1-8-4(6(10)13-2)3-5(7-8)9(11)12;1-8-5(9(11)12)3-4(7-8)6(10)13-2;1-12-5(9)3-2-4(7-6-3)8(10)11;1-2;/h2*3H,1-2H3;2H,1H3,(H,6,7);1H3;1H4/i;;;1D;. The number of methoxy groups -OCH3 is 3. The van der Waals surface area contributed by atoms with Crippen molar-refractivity contribution in [2.75, 3.05) is 28.5 Å². The summed E-state index contributed by atoms with van der Waals surface area (Å²) < 4.78 is 30.6. The van der Waals surface area contributed by atoms with Crippen LogP contribution in [-0.2, 0) is 28.3 Å². The second kappa shape index (κ2) is 17.6. The Bertz CT molecular complexity index is 1390. The van der Waals surface area contributed by atoms with Gasteiger partial charge in [0.15, 0.2) is 17.1 Å². The number of aromatic amines is 1. The third-order valence-corrected chi connectivity index (χ3v) is 4.04. The SMILES string of the molecule is C.COC(=O)c1cc([N+](=O)[O-])[nH]n1.COC(=O)c1cc([N+](=O)[O-])n(C)n1.COC(=O)c1cc([N+](=O)[O-])nn1C.[2H]CF. The minimum Gasteiger partial charge on any atom is -0.464 e. The lowest BCUT2D eigenvalue weighted by atomic mass is 10.4. The van der Waals surface area contributed by atoms with E-state index in [2.05, 4.69) is 34.6 Å². The van der Waals surface area contributed by atoms with Gasteiger partial charge in [-0.3, -0.25) is 4.39 Å². The molecule has 0 bridgehead atoms. The van der Waals surface area contributed by atoms with Crippen molar-refractivity contribution in [3.8, 4) is 0 Å². The van der Waals surface area contributed by atoms with Crippen LogP contribution in [0.1, 0.15) is 40.3 Å². The van der Waals surface area contributed by atoms with Gasteiger partial charge in [-0.1, -0.05) is 17.6 Å². The van der Waals surface area contributed by atoms with E-state index < -0.39 is 39.8 Å². The Balaban J connectivity index is 0. The predicted octanol–water partition coefficient (Wildman–Crippen LogP) is 1.56. The van der Waals surface area contributed by atoms with Crippen LogP contribution < -0.4 is 0 Å². The molecule has 0 aliphatic carbocycles. The Morgan fingerprint density at radius 2 is 1.37 bits per heavy atom. The Kier molecular flexibility index (Phi) is 15.1. The van der Waals surface area contributed by atoms with Gasteiger partial charge in [-0.25, -0.2) is 14.4 Å². The number of hydrogen-bond acceptors (Lipinski definition) is 15. The highest BCUT2D eigenvalue weighted by atomic mass is 19.1. The van der Waals surface area contributed by atoms with Crippen LogP contribution in [0.3, 0.4) is 0 Å². The lowest BCUT2D eigenvalue weighted by Crippen LogP contribution is -2.07. The molecule has 0 aliphatic rings. The Hall–Kier alpha value is -5.83. The molecule has 3 aromatic rings. The summed E-state index contributed by atoms with van der Waals surface area (Å²) in [7, 11) is 5.36. The number of esters is 3. The van der Waals surface area contributed by atoms with Crippen LogP contribution in [0, 0.1) is 30.3 Å². The topological polar surface area (TPSA) is 273 Å². The van der Waals surface area contributed by atoms with Crippen LogP contribution in [-0.4, -0.2) is 90.9 Å². The number of halogens is 1. The number of alkyl halides is 1. The van der Waals surface area contributed by atoms with Crippen LogP contribution in [0.4, 0.5) is 21.8 Å². The summed E-state index contributed by atoms with van der Waals surface area (Å²) in [6, 6.07) is 3.13. The van der Waals surface area contributed by atoms with Crippen molar-refractivity contribution < 1.29 is 49.1 Å². The molecule has 0 radical (unpaired) electrons. The number of nitro groups is 3. The highest BCUT2D eigenvalue weighted by Crippen LogP contribution is 2.12. The number of carbonyl (C=O) groups is 3. The quantitative estimate of drug-likeness (QED) is 0.184. The molecule has 3 rings (SSSR count). The molecular weight excluding hydrogens is 565 g/mol. The van der Waals surface area contributed by atoms with Gasteiger partial charge in [0.1, 0.15) is 7.05 Å². The molecule has 22 heteroatoms. The molecule has 3 aromatic heterocycles. The molecule has 1 N–H and O–H groups in total. The van der Waals surface area contributed by atoms with E-state index in [-0.39, 0.29) is 42.0 Å². The second-order valence-electron chi connectivity index (χ2n) is 6.41. The Morgan fingerprint density at radius 3 is 1.73 bits per heavy atom. The number of nitrogens with one attached hydrogen (secondary N) is 1. The molecule has 0 atom stereocenters. The first-order valence-corrected chi connectivity index (χ1v) is 9.85. The molecule has 0 saturated carbocycles. The highest BCUT2D eigenvalue weighted by Gasteiger charge is 2.21. The highest BCUT2D eigenvalue weighted by molar-refractivity contribution is 5.88. The summed E-state index contributed by atoms with van der Waals surface area (Å²) >= 11 is 0. The molecule has 0 amide bonds.